The molecule has 1 fully saturated rings. The van der Waals surface area contributed by atoms with Gasteiger partial charge in [-0.05, 0) is 30.5 Å². The summed E-state index contributed by atoms with van der Waals surface area (Å²) in [7, 11) is 0. The predicted molar refractivity (Wildman–Crippen MR) is 52.6 cm³/mol. The lowest BCUT2D eigenvalue weighted by atomic mass is 10.0. The summed E-state index contributed by atoms with van der Waals surface area (Å²) >= 11 is 0. The molecule has 1 aromatic rings. The van der Waals surface area contributed by atoms with Gasteiger partial charge >= 0.3 is 0 Å². The molecule has 1 saturated carbocycles. The third kappa shape index (κ3) is 2.61. The number of rotatable bonds is 4. The Hall–Kier alpha value is -1.25. The summed E-state index contributed by atoms with van der Waals surface area (Å²) in [6.45, 7) is 0. The zero-order valence-corrected chi connectivity index (χ0v) is 8.30. The molecule has 0 saturated heterocycles. The maximum atomic E-state index is 13.2. The molecule has 3 heteroatoms. The predicted octanol–water partition coefficient (Wildman–Crippen LogP) is 3.34. The molecule has 0 heterocycles. The van der Waals surface area contributed by atoms with E-state index in [9.17, 15) is 13.6 Å². The summed E-state index contributed by atoms with van der Waals surface area (Å²) in [5.74, 6) is -0.854. The molecule has 1 nitrogen and oxygen atoms in total. The Kier molecular flexibility index (Phi) is 2.80. The Morgan fingerprint density at radius 1 is 1.33 bits per heavy atom. The molecular weight excluding hydrogens is 198 g/mol. The Morgan fingerprint density at radius 2 is 2.07 bits per heavy atom. The molecule has 80 valence electrons. The minimum atomic E-state index is -0.628. The van der Waals surface area contributed by atoms with E-state index in [4.69, 9.17) is 0 Å². The fraction of sp³-hybridized carbons (Fsp3) is 0.417. The molecule has 0 radical (unpaired) electrons. The van der Waals surface area contributed by atoms with Gasteiger partial charge in [-0.2, -0.15) is 0 Å². The number of carbonyl (C=O) groups excluding carboxylic acids is 1. The molecule has 0 spiro atoms. The molecule has 0 unspecified atom stereocenters. The van der Waals surface area contributed by atoms with Crippen molar-refractivity contribution in [2.75, 3.05) is 0 Å². The lowest BCUT2D eigenvalue weighted by Crippen LogP contribution is -2.03. The summed E-state index contributed by atoms with van der Waals surface area (Å²) in [5.41, 5.74) is -0.115. The first kappa shape index (κ1) is 10.3. The van der Waals surface area contributed by atoms with Crippen molar-refractivity contribution in [1.29, 1.82) is 0 Å². The second-order valence-electron chi connectivity index (χ2n) is 4.03. The first-order valence-corrected chi connectivity index (χ1v) is 5.15. The average molecular weight is 210 g/mol. The largest absolute Gasteiger partial charge is 0.294 e. The lowest BCUT2D eigenvalue weighted by Gasteiger charge is -2.02. The molecule has 1 aliphatic rings. The van der Waals surface area contributed by atoms with E-state index in [0.29, 0.717) is 12.3 Å². The second-order valence-corrected chi connectivity index (χ2v) is 4.03. The highest BCUT2D eigenvalue weighted by Crippen LogP contribution is 2.34. The van der Waals surface area contributed by atoms with Crippen molar-refractivity contribution in [2.45, 2.75) is 25.7 Å². The zero-order valence-electron chi connectivity index (χ0n) is 8.30. The number of halogens is 2. The van der Waals surface area contributed by atoms with Crippen LogP contribution in [0.3, 0.4) is 0 Å². The summed E-state index contributed by atoms with van der Waals surface area (Å²) < 4.78 is 26.0. The molecule has 0 N–H and O–H groups in total. The van der Waals surface area contributed by atoms with Crippen LogP contribution in [0.4, 0.5) is 8.78 Å². The van der Waals surface area contributed by atoms with Crippen molar-refractivity contribution >= 4 is 5.78 Å². The van der Waals surface area contributed by atoms with Gasteiger partial charge in [0, 0.05) is 6.42 Å². The smallest absolute Gasteiger partial charge is 0.165 e. The van der Waals surface area contributed by atoms with Crippen LogP contribution in [0, 0.1) is 17.6 Å². The topological polar surface area (TPSA) is 17.1 Å². The second kappa shape index (κ2) is 4.09. The third-order valence-electron chi connectivity index (χ3n) is 2.71. The van der Waals surface area contributed by atoms with Crippen molar-refractivity contribution in [2.24, 2.45) is 5.92 Å². The zero-order chi connectivity index (χ0) is 10.8. The maximum Gasteiger partial charge on any atom is 0.165 e. The molecule has 1 aliphatic carbocycles. The van der Waals surface area contributed by atoms with Crippen LogP contribution in [0.5, 0.6) is 0 Å². The van der Waals surface area contributed by atoms with E-state index in [0.717, 1.165) is 24.6 Å². The molecule has 2 rings (SSSR count). The van der Waals surface area contributed by atoms with Crippen LogP contribution in [0.25, 0.3) is 0 Å². The maximum absolute atomic E-state index is 13.2. The van der Waals surface area contributed by atoms with Crippen LogP contribution in [-0.4, -0.2) is 5.78 Å². The first-order chi connectivity index (χ1) is 7.16. The van der Waals surface area contributed by atoms with Crippen molar-refractivity contribution in [3.05, 3.63) is 35.4 Å². The SMILES string of the molecule is O=C(CCC1CC1)c1cc(F)ccc1F. The highest BCUT2D eigenvalue weighted by molar-refractivity contribution is 5.96. The van der Waals surface area contributed by atoms with Crippen molar-refractivity contribution < 1.29 is 13.6 Å². The van der Waals surface area contributed by atoms with E-state index in [1.807, 2.05) is 0 Å². The van der Waals surface area contributed by atoms with Crippen LogP contribution in [0.2, 0.25) is 0 Å². The van der Waals surface area contributed by atoms with Crippen molar-refractivity contribution in [3.8, 4) is 0 Å². The van der Waals surface area contributed by atoms with Gasteiger partial charge in [-0.3, -0.25) is 4.79 Å². The molecule has 15 heavy (non-hydrogen) atoms. The number of benzene rings is 1. The number of carbonyl (C=O) groups is 1. The van der Waals surface area contributed by atoms with Crippen LogP contribution in [0.1, 0.15) is 36.0 Å². The number of Topliss-reactive ketones (excluding diaryl/α,β-unsaturated/α-hetero) is 1. The monoisotopic (exact) mass is 210 g/mol. The van der Waals surface area contributed by atoms with Gasteiger partial charge in [0.25, 0.3) is 0 Å². The molecule has 1 aromatic carbocycles. The molecule has 0 bridgehead atoms. The fourth-order valence-corrected chi connectivity index (χ4v) is 1.59. The van der Waals surface area contributed by atoms with E-state index < -0.39 is 11.6 Å². The number of hydrogen-bond acceptors (Lipinski definition) is 1. The first-order valence-electron chi connectivity index (χ1n) is 5.15. The van der Waals surface area contributed by atoms with E-state index in [1.54, 1.807) is 0 Å². The van der Waals surface area contributed by atoms with Crippen molar-refractivity contribution in [3.63, 3.8) is 0 Å². The van der Waals surface area contributed by atoms with E-state index in [1.165, 1.54) is 12.8 Å². The Labute approximate surface area is 87.1 Å². The fourth-order valence-electron chi connectivity index (χ4n) is 1.59. The van der Waals surface area contributed by atoms with Gasteiger partial charge in [0.05, 0.1) is 5.56 Å². The van der Waals surface area contributed by atoms with Crippen LogP contribution in [0.15, 0.2) is 18.2 Å². The summed E-state index contributed by atoms with van der Waals surface area (Å²) in [6, 6.07) is 3.00. The highest BCUT2D eigenvalue weighted by atomic mass is 19.1. The minimum Gasteiger partial charge on any atom is -0.294 e. The third-order valence-corrected chi connectivity index (χ3v) is 2.71. The number of ketones is 1. The van der Waals surface area contributed by atoms with Gasteiger partial charge < -0.3 is 0 Å². The summed E-state index contributed by atoms with van der Waals surface area (Å²) in [6.07, 6.45) is 3.46. The minimum absolute atomic E-state index is 0.115. The standard InChI is InChI=1S/C12H12F2O/c13-9-4-5-11(14)10(7-9)12(15)6-3-8-1-2-8/h4-5,7-8H,1-3,6H2. The Bertz CT molecular complexity index is 383. The van der Waals surface area contributed by atoms with Gasteiger partial charge in [-0.15, -0.1) is 0 Å². The summed E-state index contributed by atoms with van der Waals surface area (Å²) in [5, 5.41) is 0. The van der Waals surface area contributed by atoms with Gasteiger partial charge in [0.1, 0.15) is 11.6 Å². The Balaban J connectivity index is 2.05. The lowest BCUT2D eigenvalue weighted by molar-refractivity contribution is 0.0973. The number of hydrogen-bond donors (Lipinski definition) is 0. The normalized spacial score (nSPS) is 15.3. The summed E-state index contributed by atoms with van der Waals surface area (Å²) in [4.78, 5) is 11.5. The molecule has 0 atom stereocenters. The van der Waals surface area contributed by atoms with Gasteiger partial charge in [0.15, 0.2) is 5.78 Å². The van der Waals surface area contributed by atoms with Crippen molar-refractivity contribution in [1.82, 2.24) is 0 Å². The molecule has 0 amide bonds. The molecular formula is C12H12F2O. The quantitative estimate of drug-likeness (QED) is 0.696. The molecule has 0 aromatic heterocycles. The van der Waals surface area contributed by atoms with E-state index in [-0.39, 0.29) is 11.3 Å². The van der Waals surface area contributed by atoms with Crippen LogP contribution >= 0.6 is 0 Å². The highest BCUT2D eigenvalue weighted by Gasteiger charge is 2.23. The van der Waals surface area contributed by atoms with E-state index in [2.05, 4.69) is 0 Å². The van der Waals surface area contributed by atoms with Gasteiger partial charge in [-0.25, -0.2) is 8.78 Å². The van der Waals surface area contributed by atoms with Crippen LogP contribution in [-0.2, 0) is 0 Å². The van der Waals surface area contributed by atoms with Crippen LogP contribution < -0.4 is 0 Å². The van der Waals surface area contributed by atoms with Gasteiger partial charge in [-0.1, -0.05) is 12.8 Å². The van der Waals surface area contributed by atoms with Gasteiger partial charge in [0.2, 0.25) is 0 Å². The Morgan fingerprint density at radius 3 is 2.73 bits per heavy atom. The molecule has 0 aliphatic heterocycles. The average Bonchev–Trinajstić information content (AvgIpc) is 3.02. The van der Waals surface area contributed by atoms with E-state index >= 15 is 0 Å².